The Morgan fingerprint density at radius 3 is 1.93 bits per heavy atom. The lowest BCUT2D eigenvalue weighted by Gasteiger charge is -2.27. The van der Waals surface area contributed by atoms with Crippen molar-refractivity contribution in [2.24, 2.45) is 10.8 Å². The smallest absolute Gasteiger partial charge is 0.0539 e. The molecule has 0 rings (SSSR count). The molecule has 2 nitrogen and oxygen atoms in total. The predicted molar refractivity (Wildman–Crippen MR) is 60.4 cm³/mol. The topological polar surface area (TPSA) is 29.5 Å². The van der Waals surface area contributed by atoms with Crippen LogP contribution in [0, 0.1) is 10.8 Å². The van der Waals surface area contributed by atoms with E-state index >= 15 is 0 Å². The zero-order valence-electron chi connectivity index (χ0n) is 10.4. The maximum atomic E-state index is 9.05. The van der Waals surface area contributed by atoms with Gasteiger partial charge < -0.3 is 9.84 Å². The fraction of sp³-hybridized carbons (Fsp3) is 1.00. The van der Waals surface area contributed by atoms with Crippen LogP contribution in [-0.4, -0.2) is 24.9 Å². The minimum absolute atomic E-state index is 0.109. The molecule has 0 aliphatic heterocycles. The van der Waals surface area contributed by atoms with Crippen LogP contribution < -0.4 is 0 Å². The first-order valence-corrected chi connectivity index (χ1v) is 5.51. The van der Waals surface area contributed by atoms with E-state index in [0.29, 0.717) is 6.61 Å². The van der Waals surface area contributed by atoms with Crippen molar-refractivity contribution in [3.05, 3.63) is 0 Å². The third-order valence-electron chi connectivity index (χ3n) is 2.34. The Bertz CT molecular complexity index is 150. The predicted octanol–water partition coefficient (Wildman–Crippen LogP) is 2.85. The van der Waals surface area contributed by atoms with E-state index in [1.54, 1.807) is 0 Å². The van der Waals surface area contributed by atoms with E-state index in [4.69, 9.17) is 9.84 Å². The normalized spacial score (nSPS) is 13.3. The van der Waals surface area contributed by atoms with Gasteiger partial charge in [0.25, 0.3) is 0 Å². The van der Waals surface area contributed by atoms with E-state index in [1.807, 2.05) is 13.8 Å². The van der Waals surface area contributed by atoms with Crippen molar-refractivity contribution in [3.8, 4) is 0 Å². The quantitative estimate of drug-likeness (QED) is 0.688. The molecule has 0 aromatic heterocycles. The van der Waals surface area contributed by atoms with Crippen LogP contribution in [0.1, 0.15) is 47.5 Å². The first-order valence-electron chi connectivity index (χ1n) is 5.51. The van der Waals surface area contributed by atoms with E-state index < -0.39 is 0 Å². The zero-order chi connectivity index (χ0) is 11.2. The highest BCUT2D eigenvalue weighted by Crippen LogP contribution is 2.23. The molecule has 86 valence electrons. The van der Waals surface area contributed by atoms with Gasteiger partial charge in [0.15, 0.2) is 0 Å². The summed E-state index contributed by atoms with van der Waals surface area (Å²) in [6, 6.07) is 0. The molecule has 1 N–H and O–H groups in total. The van der Waals surface area contributed by atoms with E-state index in [9.17, 15) is 0 Å². The summed E-state index contributed by atoms with van der Waals surface area (Å²) >= 11 is 0. The van der Waals surface area contributed by atoms with E-state index in [1.165, 1.54) is 12.8 Å². The summed E-state index contributed by atoms with van der Waals surface area (Å²) in [5.74, 6) is 0. The van der Waals surface area contributed by atoms with Gasteiger partial charge in [-0.25, -0.2) is 0 Å². The molecule has 0 bridgehead atoms. The summed E-state index contributed by atoms with van der Waals surface area (Å²) in [5, 5.41) is 9.05. The third kappa shape index (κ3) is 6.39. The molecule has 0 radical (unpaired) electrons. The molecular formula is C12H26O2. The molecular weight excluding hydrogens is 176 g/mol. The fourth-order valence-electron chi connectivity index (χ4n) is 1.40. The third-order valence-corrected chi connectivity index (χ3v) is 2.34. The molecule has 0 atom stereocenters. The van der Waals surface area contributed by atoms with Crippen molar-refractivity contribution < 1.29 is 9.84 Å². The summed E-state index contributed by atoms with van der Waals surface area (Å²) in [4.78, 5) is 0. The molecule has 0 heterocycles. The van der Waals surface area contributed by atoms with Crippen LogP contribution in [0.3, 0.4) is 0 Å². The van der Waals surface area contributed by atoms with Crippen molar-refractivity contribution in [1.82, 2.24) is 0 Å². The first-order chi connectivity index (χ1) is 6.33. The highest BCUT2D eigenvalue weighted by atomic mass is 16.5. The molecule has 0 fully saturated rings. The average molecular weight is 202 g/mol. The maximum Gasteiger partial charge on any atom is 0.0539 e. The molecule has 0 aromatic rings. The largest absolute Gasteiger partial charge is 0.396 e. The van der Waals surface area contributed by atoms with Crippen LogP contribution in [0.15, 0.2) is 0 Å². The molecule has 0 saturated heterocycles. The molecule has 0 unspecified atom stereocenters. The van der Waals surface area contributed by atoms with E-state index in [0.717, 1.165) is 6.61 Å². The fourth-order valence-corrected chi connectivity index (χ4v) is 1.40. The molecule has 0 aliphatic rings. The van der Waals surface area contributed by atoms with Gasteiger partial charge >= 0.3 is 0 Å². The second kappa shape index (κ2) is 5.72. The standard InChI is InChI=1S/C12H26O2/c1-6-7-11(2,3)9-14-10-12(4,5)8-13/h13H,6-10H2,1-5H3. The van der Waals surface area contributed by atoms with Gasteiger partial charge in [0.05, 0.1) is 19.8 Å². The highest BCUT2D eigenvalue weighted by molar-refractivity contribution is 4.69. The monoisotopic (exact) mass is 202 g/mol. The van der Waals surface area contributed by atoms with E-state index in [2.05, 4.69) is 20.8 Å². The van der Waals surface area contributed by atoms with Gasteiger partial charge in [0, 0.05) is 5.41 Å². The van der Waals surface area contributed by atoms with Gasteiger partial charge in [-0.15, -0.1) is 0 Å². The second-order valence-corrected chi connectivity index (χ2v) is 5.73. The minimum atomic E-state index is -0.109. The lowest BCUT2D eigenvalue weighted by atomic mass is 9.89. The van der Waals surface area contributed by atoms with Crippen LogP contribution in [0.5, 0.6) is 0 Å². The highest BCUT2D eigenvalue weighted by Gasteiger charge is 2.21. The van der Waals surface area contributed by atoms with Gasteiger partial charge in [0.2, 0.25) is 0 Å². The van der Waals surface area contributed by atoms with Crippen molar-refractivity contribution in [1.29, 1.82) is 0 Å². The lowest BCUT2D eigenvalue weighted by Crippen LogP contribution is -2.27. The molecule has 14 heavy (non-hydrogen) atoms. The molecule has 2 heteroatoms. The Morgan fingerprint density at radius 1 is 1.00 bits per heavy atom. The Balaban J connectivity index is 3.73. The van der Waals surface area contributed by atoms with Crippen molar-refractivity contribution in [2.45, 2.75) is 47.5 Å². The van der Waals surface area contributed by atoms with Gasteiger partial charge in [-0.1, -0.05) is 41.0 Å². The number of hydrogen-bond acceptors (Lipinski definition) is 2. The minimum Gasteiger partial charge on any atom is -0.396 e. The Morgan fingerprint density at radius 2 is 1.50 bits per heavy atom. The Hall–Kier alpha value is -0.0800. The number of rotatable bonds is 7. The van der Waals surface area contributed by atoms with Crippen LogP contribution in [0.4, 0.5) is 0 Å². The van der Waals surface area contributed by atoms with E-state index in [-0.39, 0.29) is 17.4 Å². The van der Waals surface area contributed by atoms with Crippen LogP contribution >= 0.6 is 0 Å². The average Bonchev–Trinajstić information content (AvgIpc) is 2.03. The van der Waals surface area contributed by atoms with Crippen LogP contribution in [0.25, 0.3) is 0 Å². The Labute approximate surface area is 88.7 Å². The van der Waals surface area contributed by atoms with Gasteiger partial charge in [0.1, 0.15) is 0 Å². The van der Waals surface area contributed by atoms with Crippen molar-refractivity contribution in [2.75, 3.05) is 19.8 Å². The maximum absolute atomic E-state index is 9.05. The molecule has 0 spiro atoms. The molecule has 0 saturated carbocycles. The lowest BCUT2D eigenvalue weighted by molar-refractivity contribution is -0.00776. The van der Waals surface area contributed by atoms with Crippen LogP contribution in [-0.2, 0) is 4.74 Å². The first kappa shape index (κ1) is 13.9. The number of ether oxygens (including phenoxy) is 1. The van der Waals surface area contributed by atoms with Gasteiger partial charge in [-0.2, -0.15) is 0 Å². The molecule has 0 aromatic carbocycles. The second-order valence-electron chi connectivity index (χ2n) is 5.73. The van der Waals surface area contributed by atoms with Crippen molar-refractivity contribution >= 4 is 0 Å². The summed E-state index contributed by atoms with van der Waals surface area (Å²) in [6.45, 7) is 12.3. The SMILES string of the molecule is CCCC(C)(C)COCC(C)(C)CO. The summed E-state index contributed by atoms with van der Waals surface area (Å²) in [6.07, 6.45) is 2.38. The molecule has 0 amide bonds. The van der Waals surface area contributed by atoms with Gasteiger partial charge in [-0.05, 0) is 11.8 Å². The number of aliphatic hydroxyl groups is 1. The van der Waals surface area contributed by atoms with Gasteiger partial charge in [-0.3, -0.25) is 0 Å². The molecule has 0 aliphatic carbocycles. The number of aliphatic hydroxyl groups excluding tert-OH is 1. The summed E-state index contributed by atoms with van der Waals surface area (Å²) in [5.41, 5.74) is 0.155. The van der Waals surface area contributed by atoms with Crippen LogP contribution in [0.2, 0.25) is 0 Å². The Kier molecular flexibility index (Phi) is 5.68. The summed E-state index contributed by atoms with van der Waals surface area (Å²) in [7, 11) is 0. The number of hydrogen-bond donors (Lipinski definition) is 1. The summed E-state index contributed by atoms with van der Waals surface area (Å²) < 4.78 is 5.65. The zero-order valence-corrected chi connectivity index (χ0v) is 10.4. The van der Waals surface area contributed by atoms with Crippen molar-refractivity contribution in [3.63, 3.8) is 0 Å².